The fraction of sp³-hybridized carbons (Fsp3) is 0.636. The quantitative estimate of drug-likeness (QED) is 0.457. The first-order valence-corrected chi connectivity index (χ1v) is 4.63. The van der Waals surface area contributed by atoms with Crippen LogP contribution in [0, 0.1) is 0 Å². The van der Waals surface area contributed by atoms with Crippen molar-refractivity contribution >= 4 is 0 Å². The van der Waals surface area contributed by atoms with Crippen molar-refractivity contribution in [2.75, 3.05) is 0 Å². The van der Waals surface area contributed by atoms with Crippen molar-refractivity contribution in [2.24, 2.45) is 0 Å². The second-order valence-corrected chi connectivity index (χ2v) is 2.05. The van der Waals surface area contributed by atoms with E-state index in [0.29, 0.717) is 5.76 Å². The lowest BCUT2D eigenvalue weighted by Crippen LogP contribution is -1.66. The summed E-state index contributed by atoms with van der Waals surface area (Å²) in [6.45, 7) is 13.6. The van der Waals surface area contributed by atoms with Crippen LogP contribution >= 0.6 is 0 Å². The Balaban J connectivity index is -0.000000175. The van der Waals surface area contributed by atoms with Gasteiger partial charge in [-0.2, -0.15) is 0 Å². The van der Waals surface area contributed by atoms with Gasteiger partial charge in [-0.15, -0.1) is 0 Å². The van der Waals surface area contributed by atoms with Crippen LogP contribution in [0.2, 0.25) is 0 Å². The Kier molecular flexibility index (Phi) is 24.2. The number of allylic oxidation sites excluding steroid dienone is 4. The van der Waals surface area contributed by atoms with Crippen molar-refractivity contribution in [2.45, 2.75) is 48.5 Å². The Morgan fingerprint density at radius 2 is 1.17 bits per heavy atom. The molecule has 0 aliphatic heterocycles. The summed E-state index contributed by atoms with van der Waals surface area (Å²) in [5, 5.41) is 8.62. The predicted octanol–water partition coefficient (Wildman–Crippen LogP) is 4.47. The van der Waals surface area contributed by atoms with Gasteiger partial charge >= 0.3 is 0 Å². The minimum absolute atomic E-state index is 0.353. The smallest absolute Gasteiger partial charge is 0.0891 e. The molecule has 0 bridgehead atoms. The molecule has 0 aliphatic carbocycles. The Morgan fingerprint density at radius 1 is 0.833 bits per heavy atom. The average molecular weight is 172 g/mol. The maximum atomic E-state index is 8.62. The van der Waals surface area contributed by atoms with E-state index >= 15 is 0 Å². The van der Waals surface area contributed by atoms with E-state index in [-0.39, 0.29) is 0 Å². The summed E-state index contributed by atoms with van der Waals surface area (Å²) in [5.41, 5.74) is 1.19. The van der Waals surface area contributed by atoms with Crippen LogP contribution in [-0.2, 0) is 0 Å². The van der Waals surface area contributed by atoms with E-state index in [4.69, 9.17) is 5.11 Å². The van der Waals surface area contributed by atoms with Crippen molar-refractivity contribution < 1.29 is 5.11 Å². The third-order valence-corrected chi connectivity index (χ3v) is 0.658. The van der Waals surface area contributed by atoms with E-state index in [1.54, 1.807) is 13.0 Å². The lowest BCUT2D eigenvalue weighted by Gasteiger charge is -1.83. The zero-order valence-electron chi connectivity index (χ0n) is 9.60. The minimum atomic E-state index is 0.353. The summed E-state index contributed by atoms with van der Waals surface area (Å²) in [5.74, 6) is 0.353. The highest BCUT2D eigenvalue weighted by molar-refractivity contribution is 5.09. The largest absolute Gasteiger partial charge is 0.513 e. The van der Waals surface area contributed by atoms with Gasteiger partial charge in [0.1, 0.15) is 0 Å². The number of aliphatic hydroxyl groups is 1. The van der Waals surface area contributed by atoms with E-state index in [9.17, 15) is 0 Å². The van der Waals surface area contributed by atoms with Crippen LogP contribution in [0.5, 0.6) is 0 Å². The molecule has 0 saturated carbocycles. The number of rotatable bonds is 1. The number of aliphatic hydroxyl groups excluding tert-OH is 1. The molecule has 0 saturated heterocycles. The number of hydrogen-bond donors (Lipinski definition) is 1. The third-order valence-electron chi connectivity index (χ3n) is 0.658. The fourth-order valence-electron chi connectivity index (χ4n) is 0.287. The van der Waals surface area contributed by atoms with Crippen LogP contribution in [0.3, 0.4) is 0 Å². The highest BCUT2D eigenvalue weighted by Gasteiger charge is 1.73. The molecule has 0 aromatic rings. The van der Waals surface area contributed by atoms with Crippen LogP contribution < -0.4 is 0 Å². The maximum absolute atomic E-state index is 8.62. The van der Waals surface area contributed by atoms with Crippen molar-refractivity contribution in [3.63, 3.8) is 0 Å². The molecule has 0 aromatic carbocycles. The van der Waals surface area contributed by atoms with Gasteiger partial charge in [0.05, 0.1) is 5.76 Å². The van der Waals surface area contributed by atoms with Gasteiger partial charge < -0.3 is 5.11 Å². The molecule has 0 atom stereocenters. The lowest BCUT2D eigenvalue weighted by atomic mass is 10.3. The van der Waals surface area contributed by atoms with Gasteiger partial charge in [0.25, 0.3) is 0 Å². The molecule has 1 N–H and O–H groups in total. The van der Waals surface area contributed by atoms with E-state index < -0.39 is 0 Å². The molecule has 1 nitrogen and oxygen atoms in total. The van der Waals surface area contributed by atoms with E-state index in [0.717, 1.165) is 0 Å². The molecular weight excluding hydrogens is 148 g/mol. The van der Waals surface area contributed by atoms with Gasteiger partial charge in [-0.1, -0.05) is 39.3 Å². The Morgan fingerprint density at radius 3 is 1.25 bits per heavy atom. The molecule has 0 radical (unpaired) electrons. The zero-order valence-corrected chi connectivity index (χ0v) is 9.60. The summed E-state index contributed by atoms with van der Waals surface area (Å²) in [4.78, 5) is 0. The SMILES string of the molecule is CC.CC.CC(C)=C/C=C(\C)O. The Labute approximate surface area is 77.8 Å². The summed E-state index contributed by atoms with van der Waals surface area (Å²) in [6.07, 6.45) is 3.55. The Hall–Kier alpha value is -0.720. The standard InChI is InChI=1S/C7H12O.2C2H6/c1-6(2)4-5-7(3)8;2*1-2/h4-5,8H,1-3H3;2*1-2H3/b7-5+;;. The average Bonchev–Trinajstić information content (AvgIpc) is 2.08. The second kappa shape index (κ2) is 16.7. The number of hydrogen-bond acceptors (Lipinski definition) is 1. The van der Waals surface area contributed by atoms with Gasteiger partial charge in [0.2, 0.25) is 0 Å². The van der Waals surface area contributed by atoms with E-state index in [1.807, 2.05) is 47.6 Å². The van der Waals surface area contributed by atoms with Crippen LogP contribution in [0.15, 0.2) is 23.5 Å². The first kappa shape index (κ1) is 17.4. The predicted molar refractivity (Wildman–Crippen MR) is 58.5 cm³/mol. The summed E-state index contributed by atoms with van der Waals surface area (Å²) >= 11 is 0. The van der Waals surface area contributed by atoms with Crippen molar-refractivity contribution in [3.05, 3.63) is 23.5 Å². The molecule has 0 amide bonds. The molecule has 1 heteroatoms. The molecular formula is C11H24O. The van der Waals surface area contributed by atoms with Crippen molar-refractivity contribution in [1.82, 2.24) is 0 Å². The molecule has 12 heavy (non-hydrogen) atoms. The monoisotopic (exact) mass is 172 g/mol. The normalized spacial score (nSPS) is 8.42. The molecule has 0 spiro atoms. The van der Waals surface area contributed by atoms with Crippen LogP contribution in [0.1, 0.15) is 48.5 Å². The molecule has 0 fully saturated rings. The summed E-state index contributed by atoms with van der Waals surface area (Å²) < 4.78 is 0. The molecule has 0 aromatic heterocycles. The first-order chi connectivity index (χ1) is 5.63. The second-order valence-electron chi connectivity index (χ2n) is 2.05. The van der Waals surface area contributed by atoms with Crippen molar-refractivity contribution in [1.29, 1.82) is 0 Å². The molecule has 74 valence electrons. The summed E-state index contributed by atoms with van der Waals surface area (Å²) in [7, 11) is 0. The van der Waals surface area contributed by atoms with Crippen molar-refractivity contribution in [3.8, 4) is 0 Å². The van der Waals surface area contributed by atoms with Gasteiger partial charge in [0, 0.05) is 0 Å². The van der Waals surface area contributed by atoms with Gasteiger partial charge in [-0.05, 0) is 26.8 Å². The van der Waals surface area contributed by atoms with Gasteiger partial charge in [-0.3, -0.25) is 0 Å². The van der Waals surface area contributed by atoms with Crippen LogP contribution in [0.25, 0.3) is 0 Å². The first-order valence-electron chi connectivity index (χ1n) is 4.63. The minimum Gasteiger partial charge on any atom is -0.513 e. The van der Waals surface area contributed by atoms with Crippen LogP contribution in [0.4, 0.5) is 0 Å². The molecule has 0 heterocycles. The molecule has 0 rings (SSSR count). The van der Waals surface area contributed by atoms with E-state index in [1.165, 1.54) is 5.57 Å². The molecule has 0 unspecified atom stereocenters. The zero-order chi connectivity index (χ0) is 10.6. The highest BCUT2D eigenvalue weighted by Crippen LogP contribution is 1.91. The lowest BCUT2D eigenvalue weighted by molar-refractivity contribution is 0.414. The van der Waals surface area contributed by atoms with Crippen LogP contribution in [-0.4, -0.2) is 5.11 Å². The maximum Gasteiger partial charge on any atom is 0.0891 e. The fourth-order valence-corrected chi connectivity index (χ4v) is 0.287. The Bertz CT molecular complexity index is 97.0. The van der Waals surface area contributed by atoms with Gasteiger partial charge in [-0.25, -0.2) is 0 Å². The third kappa shape index (κ3) is 34.7. The van der Waals surface area contributed by atoms with Gasteiger partial charge in [0.15, 0.2) is 0 Å². The molecule has 0 aliphatic rings. The highest BCUT2D eigenvalue weighted by atomic mass is 16.3. The summed E-state index contributed by atoms with van der Waals surface area (Å²) in [6, 6.07) is 0. The topological polar surface area (TPSA) is 20.2 Å². The van der Waals surface area contributed by atoms with E-state index in [2.05, 4.69) is 0 Å².